The number of amides is 1. The summed E-state index contributed by atoms with van der Waals surface area (Å²) in [6.45, 7) is 3.15. The van der Waals surface area contributed by atoms with Gasteiger partial charge in [-0.15, -0.1) is 0 Å². The summed E-state index contributed by atoms with van der Waals surface area (Å²) >= 11 is 0. The van der Waals surface area contributed by atoms with Crippen molar-refractivity contribution in [2.24, 2.45) is 0 Å². The minimum Gasteiger partial charge on any atom is -0.479 e. The third-order valence-electron chi connectivity index (χ3n) is 4.95. The van der Waals surface area contributed by atoms with E-state index in [1.54, 1.807) is 7.11 Å². The molecule has 0 aromatic carbocycles. The first-order chi connectivity index (χ1) is 12.6. The maximum absolute atomic E-state index is 12.7. The molecule has 0 radical (unpaired) electrons. The molecule has 1 amide bonds. The van der Waals surface area contributed by atoms with Crippen molar-refractivity contribution >= 4 is 11.7 Å². The number of piperazine rings is 1. The fourth-order valence-corrected chi connectivity index (χ4v) is 3.80. The van der Waals surface area contributed by atoms with Crippen molar-refractivity contribution in [3.05, 3.63) is 23.6 Å². The van der Waals surface area contributed by atoms with E-state index in [1.807, 2.05) is 17.9 Å². The maximum Gasteiger partial charge on any atom is 0.318 e. The Morgan fingerprint density at radius 3 is 2.50 bits per heavy atom. The fraction of sp³-hybridized carbons (Fsp3) is 0.529. The summed E-state index contributed by atoms with van der Waals surface area (Å²) in [6.07, 6.45) is 2.03. The maximum atomic E-state index is 12.7. The summed E-state index contributed by atoms with van der Waals surface area (Å²) < 4.78 is 15.3. The van der Waals surface area contributed by atoms with Crippen LogP contribution in [0.25, 0.3) is 0 Å². The first-order valence-electron chi connectivity index (χ1n) is 8.57. The van der Waals surface area contributed by atoms with Crippen LogP contribution in [0.4, 0.5) is 5.82 Å². The van der Waals surface area contributed by atoms with Gasteiger partial charge in [-0.05, 0) is 24.9 Å². The van der Waals surface area contributed by atoms with Crippen LogP contribution in [-0.2, 0) is 0 Å². The second-order valence-corrected chi connectivity index (χ2v) is 6.59. The second kappa shape index (κ2) is 6.47. The Hall–Kier alpha value is -2.84. The van der Waals surface area contributed by atoms with Crippen molar-refractivity contribution in [2.45, 2.75) is 31.8 Å². The first-order valence-corrected chi connectivity index (χ1v) is 8.57. The third kappa shape index (κ3) is 2.83. The number of rotatable bonds is 4. The van der Waals surface area contributed by atoms with Crippen molar-refractivity contribution in [3.8, 4) is 11.9 Å². The van der Waals surface area contributed by atoms with E-state index in [0.717, 1.165) is 24.4 Å². The van der Waals surface area contributed by atoms with E-state index < -0.39 is 0 Å². The number of nitrogens with zero attached hydrogens (tertiary/aromatic N) is 5. The number of fused-ring (bicyclic) bond motifs is 2. The number of ether oxygens (including phenoxy) is 2. The van der Waals surface area contributed by atoms with Gasteiger partial charge in [0.05, 0.1) is 20.3 Å². The zero-order chi connectivity index (χ0) is 18.3. The number of hydrogen-bond acceptors (Lipinski definition) is 8. The number of aryl methyl sites for hydroxylation is 1. The molecule has 2 aliphatic rings. The second-order valence-electron chi connectivity index (χ2n) is 6.59. The van der Waals surface area contributed by atoms with Gasteiger partial charge in [-0.1, -0.05) is 0 Å². The minimum absolute atomic E-state index is 0.159. The number of likely N-dealkylation sites (tertiary alicyclic amines) is 1. The largest absolute Gasteiger partial charge is 0.479 e. The molecule has 2 saturated heterocycles. The SMILES string of the molecule is COc1cc(C(=O)N2CC3CCC(C2)N3c2cc(C)nc(OC)n2)on1. The van der Waals surface area contributed by atoms with E-state index >= 15 is 0 Å². The van der Waals surface area contributed by atoms with Gasteiger partial charge < -0.3 is 23.8 Å². The highest BCUT2D eigenvalue weighted by molar-refractivity contribution is 5.92. The molecule has 2 aliphatic heterocycles. The minimum atomic E-state index is -0.159. The number of anilines is 1. The van der Waals surface area contributed by atoms with E-state index in [1.165, 1.54) is 13.2 Å². The molecule has 0 saturated carbocycles. The molecule has 2 fully saturated rings. The predicted octanol–water partition coefficient (Wildman–Crippen LogP) is 1.28. The lowest BCUT2D eigenvalue weighted by atomic mass is 10.1. The van der Waals surface area contributed by atoms with Gasteiger partial charge in [-0.25, -0.2) is 4.98 Å². The molecule has 9 nitrogen and oxygen atoms in total. The highest BCUT2D eigenvalue weighted by Crippen LogP contribution is 2.35. The monoisotopic (exact) mass is 359 g/mol. The molecule has 0 N–H and O–H groups in total. The van der Waals surface area contributed by atoms with E-state index in [0.29, 0.717) is 25.0 Å². The van der Waals surface area contributed by atoms with Crippen LogP contribution in [0.3, 0.4) is 0 Å². The lowest BCUT2D eigenvalue weighted by Gasteiger charge is -2.41. The number of carbonyl (C=O) groups is 1. The van der Waals surface area contributed by atoms with Crippen molar-refractivity contribution < 1.29 is 18.8 Å². The molecule has 138 valence electrons. The highest BCUT2D eigenvalue weighted by atomic mass is 16.5. The van der Waals surface area contributed by atoms with E-state index in [-0.39, 0.29) is 23.8 Å². The van der Waals surface area contributed by atoms with Crippen LogP contribution in [0.2, 0.25) is 0 Å². The topological polar surface area (TPSA) is 93.8 Å². The number of hydrogen-bond donors (Lipinski definition) is 0. The van der Waals surface area contributed by atoms with Crippen LogP contribution in [0.15, 0.2) is 16.7 Å². The zero-order valence-corrected chi connectivity index (χ0v) is 15.0. The van der Waals surface area contributed by atoms with Crippen LogP contribution < -0.4 is 14.4 Å². The smallest absolute Gasteiger partial charge is 0.318 e. The third-order valence-corrected chi connectivity index (χ3v) is 4.95. The molecule has 0 aliphatic carbocycles. The summed E-state index contributed by atoms with van der Waals surface area (Å²) in [5, 5.41) is 3.71. The predicted molar refractivity (Wildman–Crippen MR) is 91.6 cm³/mol. The van der Waals surface area contributed by atoms with Crippen molar-refractivity contribution in [1.82, 2.24) is 20.0 Å². The summed E-state index contributed by atoms with van der Waals surface area (Å²) in [5.74, 6) is 1.21. The van der Waals surface area contributed by atoms with Gasteiger partial charge in [-0.3, -0.25) is 4.79 Å². The summed E-state index contributed by atoms with van der Waals surface area (Å²) in [7, 11) is 3.05. The van der Waals surface area contributed by atoms with E-state index in [2.05, 4.69) is 20.0 Å². The molecule has 4 heterocycles. The molecular weight excluding hydrogens is 338 g/mol. The number of aromatic nitrogens is 3. The van der Waals surface area contributed by atoms with Crippen molar-refractivity contribution in [2.75, 3.05) is 32.2 Å². The van der Waals surface area contributed by atoms with Gasteiger partial charge in [0.1, 0.15) is 5.82 Å². The van der Waals surface area contributed by atoms with Gasteiger partial charge in [0.2, 0.25) is 5.76 Å². The molecule has 9 heteroatoms. The van der Waals surface area contributed by atoms with Gasteiger partial charge in [0, 0.05) is 36.9 Å². The van der Waals surface area contributed by atoms with E-state index in [4.69, 9.17) is 14.0 Å². The van der Waals surface area contributed by atoms with Gasteiger partial charge in [0.25, 0.3) is 11.8 Å². The average molecular weight is 359 g/mol. The van der Waals surface area contributed by atoms with Crippen molar-refractivity contribution in [1.29, 1.82) is 0 Å². The zero-order valence-electron chi connectivity index (χ0n) is 15.0. The summed E-state index contributed by atoms with van der Waals surface area (Å²) in [5.41, 5.74) is 0.860. The number of carbonyl (C=O) groups excluding carboxylic acids is 1. The van der Waals surface area contributed by atoms with Gasteiger partial charge in [-0.2, -0.15) is 4.98 Å². The van der Waals surface area contributed by atoms with Crippen LogP contribution >= 0.6 is 0 Å². The molecule has 2 bridgehead atoms. The standard InChI is InChI=1S/C17H21N5O4/c1-10-6-14(19-17(18-10)25-3)22-11-4-5-12(22)9-21(8-11)16(23)13-7-15(24-2)20-26-13/h6-7,11-12H,4-5,8-9H2,1-3H3. The fourth-order valence-electron chi connectivity index (χ4n) is 3.80. The number of methoxy groups -OCH3 is 2. The summed E-state index contributed by atoms with van der Waals surface area (Å²) in [4.78, 5) is 25.6. The van der Waals surface area contributed by atoms with Gasteiger partial charge in [0.15, 0.2) is 0 Å². The Balaban J connectivity index is 1.54. The van der Waals surface area contributed by atoms with Crippen LogP contribution in [0.1, 0.15) is 29.1 Å². The molecule has 26 heavy (non-hydrogen) atoms. The molecule has 0 spiro atoms. The Kier molecular flexibility index (Phi) is 4.14. The summed E-state index contributed by atoms with van der Waals surface area (Å²) in [6, 6.07) is 4.27. The Bertz CT molecular complexity index is 809. The highest BCUT2D eigenvalue weighted by Gasteiger charge is 2.43. The molecular formula is C17H21N5O4. The molecule has 2 unspecified atom stereocenters. The van der Waals surface area contributed by atoms with Crippen LogP contribution in [0, 0.1) is 6.92 Å². The first kappa shape index (κ1) is 16.6. The molecule has 4 rings (SSSR count). The van der Waals surface area contributed by atoms with Gasteiger partial charge >= 0.3 is 6.01 Å². The normalized spacial score (nSPS) is 21.8. The van der Waals surface area contributed by atoms with Crippen molar-refractivity contribution in [3.63, 3.8) is 0 Å². The Morgan fingerprint density at radius 2 is 1.88 bits per heavy atom. The lowest BCUT2D eigenvalue weighted by molar-refractivity contribution is 0.0675. The quantitative estimate of drug-likeness (QED) is 0.806. The van der Waals surface area contributed by atoms with Crippen LogP contribution in [0.5, 0.6) is 11.9 Å². The molecule has 2 aromatic rings. The molecule has 2 aromatic heterocycles. The molecule has 2 atom stereocenters. The van der Waals surface area contributed by atoms with E-state index in [9.17, 15) is 4.79 Å². The Labute approximate surface area is 150 Å². The average Bonchev–Trinajstić information content (AvgIpc) is 3.23. The van der Waals surface area contributed by atoms with Crippen LogP contribution in [-0.4, -0.2) is 65.3 Å². The Morgan fingerprint density at radius 1 is 1.15 bits per heavy atom. The lowest BCUT2D eigenvalue weighted by Crippen LogP contribution is -2.55.